The van der Waals surface area contributed by atoms with Gasteiger partial charge in [0, 0.05) is 27.2 Å². The van der Waals surface area contributed by atoms with Crippen LogP contribution in [0.25, 0.3) is 0 Å². The maximum atomic E-state index is 13.4. The molecule has 1 unspecified atom stereocenters. The van der Waals surface area contributed by atoms with E-state index in [2.05, 4.69) is 5.32 Å². The standard InChI is InChI=1S/C16H16Cl2FNO/c1-10(20-2)12-8-11(19)6-7-16(12)21-9-13-14(17)4-3-5-15(13)18/h3-8,10,20H,9H2,1-2H3. The molecule has 0 saturated carbocycles. The number of halogens is 3. The fourth-order valence-corrected chi connectivity index (χ4v) is 2.47. The molecule has 0 aliphatic carbocycles. The zero-order chi connectivity index (χ0) is 15.4. The van der Waals surface area contributed by atoms with E-state index in [4.69, 9.17) is 27.9 Å². The molecule has 0 aliphatic heterocycles. The van der Waals surface area contributed by atoms with Gasteiger partial charge in [0.25, 0.3) is 0 Å². The molecule has 2 nitrogen and oxygen atoms in total. The maximum Gasteiger partial charge on any atom is 0.124 e. The van der Waals surface area contributed by atoms with Gasteiger partial charge in [-0.25, -0.2) is 4.39 Å². The summed E-state index contributed by atoms with van der Waals surface area (Å²) in [4.78, 5) is 0. The Kier molecular flexibility index (Phi) is 5.45. The van der Waals surface area contributed by atoms with E-state index in [-0.39, 0.29) is 18.5 Å². The first-order chi connectivity index (χ1) is 10.0. The van der Waals surface area contributed by atoms with Gasteiger partial charge in [-0.05, 0) is 44.3 Å². The SMILES string of the molecule is CNC(C)c1cc(F)ccc1OCc1c(Cl)cccc1Cl. The summed E-state index contributed by atoms with van der Waals surface area (Å²) in [6.45, 7) is 2.16. The first-order valence-corrected chi connectivity index (χ1v) is 7.31. The minimum Gasteiger partial charge on any atom is -0.488 e. The summed E-state index contributed by atoms with van der Waals surface area (Å²) in [6, 6.07) is 9.71. The van der Waals surface area contributed by atoms with Crippen molar-refractivity contribution in [2.45, 2.75) is 19.6 Å². The fourth-order valence-electron chi connectivity index (χ4n) is 1.96. The first kappa shape index (κ1) is 16.1. The zero-order valence-corrected chi connectivity index (χ0v) is 13.3. The van der Waals surface area contributed by atoms with Crippen molar-refractivity contribution in [3.63, 3.8) is 0 Å². The van der Waals surface area contributed by atoms with E-state index < -0.39 is 0 Å². The highest BCUT2D eigenvalue weighted by molar-refractivity contribution is 6.35. The maximum absolute atomic E-state index is 13.4. The Morgan fingerprint density at radius 1 is 1.19 bits per heavy atom. The van der Waals surface area contributed by atoms with Gasteiger partial charge in [-0.2, -0.15) is 0 Å². The normalized spacial score (nSPS) is 12.2. The van der Waals surface area contributed by atoms with E-state index in [0.29, 0.717) is 21.4 Å². The van der Waals surface area contributed by atoms with Crippen LogP contribution in [0, 0.1) is 5.82 Å². The van der Waals surface area contributed by atoms with Crippen molar-refractivity contribution in [3.05, 3.63) is 63.4 Å². The molecule has 0 heterocycles. The molecule has 0 aromatic heterocycles. The summed E-state index contributed by atoms with van der Waals surface area (Å²) < 4.78 is 19.2. The quantitative estimate of drug-likeness (QED) is 0.835. The summed E-state index contributed by atoms with van der Waals surface area (Å²) in [6.07, 6.45) is 0. The van der Waals surface area contributed by atoms with Crippen LogP contribution in [0.2, 0.25) is 10.0 Å². The summed E-state index contributed by atoms with van der Waals surface area (Å²) in [7, 11) is 1.81. The molecule has 112 valence electrons. The Bertz CT molecular complexity index is 613. The average molecular weight is 328 g/mol. The van der Waals surface area contributed by atoms with Gasteiger partial charge in [0.1, 0.15) is 18.2 Å². The van der Waals surface area contributed by atoms with Gasteiger partial charge in [0.05, 0.1) is 0 Å². The molecule has 0 amide bonds. The summed E-state index contributed by atoms with van der Waals surface area (Å²) >= 11 is 12.2. The average Bonchev–Trinajstić information content (AvgIpc) is 2.47. The molecular formula is C16H16Cl2FNO. The minimum absolute atomic E-state index is 0.0302. The fraction of sp³-hybridized carbons (Fsp3) is 0.250. The van der Waals surface area contributed by atoms with Crippen LogP contribution in [0.15, 0.2) is 36.4 Å². The minimum atomic E-state index is -0.296. The van der Waals surface area contributed by atoms with E-state index in [1.165, 1.54) is 12.1 Å². The van der Waals surface area contributed by atoms with Crippen LogP contribution in [0.1, 0.15) is 24.1 Å². The molecule has 0 fully saturated rings. The smallest absolute Gasteiger partial charge is 0.124 e. The molecule has 1 atom stereocenters. The van der Waals surface area contributed by atoms with E-state index >= 15 is 0 Å². The van der Waals surface area contributed by atoms with Crippen molar-refractivity contribution < 1.29 is 9.13 Å². The molecule has 5 heteroatoms. The topological polar surface area (TPSA) is 21.3 Å². The van der Waals surface area contributed by atoms with Crippen LogP contribution >= 0.6 is 23.2 Å². The molecule has 0 saturated heterocycles. The summed E-state index contributed by atoms with van der Waals surface area (Å²) in [5.41, 5.74) is 1.47. The number of nitrogens with one attached hydrogen (secondary N) is 1. The van der Waals surface area contributed by atoms with Gasteiger partial charge in [0.15, 0.2) is 0 Å². The molecule has 0 bridgehead atoms. The molecule has 2 rings (SSSR count). The molecule has 0 spiro atoms. The van der Waals surface area contributed by atoms with Crippen molar-refractivity contribution in [3.8, 4) is 5.75 Å². The van der Waals surface area contributed by atoms with Crippen LogP contribution in [-0.4, -0.2) is 7.05 Å². The highest BCUT2D eigenvalue weighted by atomic mass is 35.5. The van der Waals surface area contributed by atoms with Crippen LogP contribution in [0.4, 0.5) is 4.39 Å². The van der Waals surface area contributed by atoms with Gasteiger partial charge < -0.3 is 10.1 Å². The molecule has 2 aromatic rings. The highest BCUT2D eigenvalue weighted by Crippen LogP contribution is 2.29. The van der Waals surface area contributed by atoms with Crippen LogP contribution in [-0.2, 0) is 6.61 Å². The van der Waals surface area contributed by atoms with Gasteiger partial charge in [0.2, 0.25) is 0 Å². The number of benzene rings is 2. The first-order valence-electron chi connectivity index (χ1n) is 6.55. The van der Waals surface area contributed by atoms with Crippen molar-refractivity contribution in [2.24, 2.45) is 0 Å². The van der Waals surface area contributed by atoms with Gasteiger partial charge >= 0.3 is 0 Å². The third kappa shape index (κ3) is 3.88. The Labute approximate surface area is 133 Å². The van der Waals surface area contributed by atoms with E-state index in [1.807, 2.05) is 14.0 Å². The van der Waals surface area contributed by atoms with Crippen molar-refractivity contribution in [1.82, 2.24) is 5.32 Å². The van der Waals surface area contributed by atoms with E-state index in [0.717, 1.165) is 5.56 Å². The van der Waals surface area contributed by atoms with Crippen LogP contribution in [0.5, 0.6) is 5.75 Å². The second kappa shape index (κ2) is 7.12. The molecule has 2 aromatic carbocycles. The third-order valence-corrected chi connectivity index (χ3v) is 4.01. The highest BCUT2D eigenvalue weighted by Gasteiger charge is 2.13. The van der Waals surface area contributed by atoms with Crippen molar-refractivity contribution >= 4 is 23.2 Å². The monoisotopic (exact) mass is 327 g/mol. The van der Waals surface area contributed by atoms with Crippen LogP contribution < -0.4 is 10.1 Å². The summed E-state index contributed by atoms with van der Waals surface area (Å²) in [5.74, 6) is 0.310. The number of ether oxygens (including phenoxy) is 1. The second-order valence-electron chi connectivity index (χ2n) is 4.68. The van der Waals surface area contributed by atoms with Gasteiger partial charge in [-0.1, -0.05) is 29.3 Å². The third-order valence-electron chi connectivity index (χ3n) is 3.31. The van der Waals surface area contributed by atoms with Crippen LogP contribution in [0.3, 0.4) is 0 Å². The molecule has 0 radical (unpaired) electrons. The Balaban J connectivity index is 2.24. The zero-order valence-electron chi connectivity index (χ0n) is 11.8. The number of hydrogen-bond donors (Lipinski definition) is 1. The molecular weight excluding hydrogens is 312 g/mol. The van der Waals surface area contributed by atoms with Gasteiger partial charge in [-0.15, -0.1) is 0 Å². The number of hydrogen-bond acceptors (Lipinski definition) is 2. The Morgan fingerprint density at radius 2 is 1.86 bits per heavy atom. The van der Waals surface area contributed by atoms with E-state index in [9.17, 15) is 4.39 Å². The predicted molar refractivity (Wildman–Crippen MR) is 84.7 cm³/mol. The molecule has 0 aliphatic rings. The Hall–Kier alpha value is -1.29. The van der Waals surface area contributed by atoms with Crippen molar-refractivity contribution in [2.75, 3.05) is 7.05 Å². The lowest BCUT2D eigenvalue weighted by Crippen LogP contribution is -2.14. The second-order valence-corrected chi connectivity index (χ2v) is 5.50. The molecule has 21 heavy (non-hydrogen) atoms. The Morgan fingerprint density at radius 3 is 2.48 bits per heavy atom. The van der Waals surface area contributed by atoms with Crippen molar-refractivity contribution in [1.29, 1.82) is 0 Å². The lowest BCUT2D eigenvalue weighted by Gasteiger charge is -2.17. The lowest BCUT2D eigenvalue weighted by atomic mass is 10.1. The molecule has 1 N–H and O–H groups in total. The number of rotatable bonds is 5. The van der Waals surface area contributed by atoms with Gasteiger partial charge in [-0.3, -0.25) is 0 Å². The lowest BCUT2D eigenvalue weighted by molar-refractivity contribution is 0.300. The largest absolute Gasteiger partial charge is 0.488 e. The summed E-state index contributed by atoms with van der Waals surface area (Å²) in [5, 5.41) is 4.17. The van der Waals surface area contributed by atoms with E-state index in [1.54, 1.807) is 24.3 Å². The predicted octanol–water partition coefficient (Wildman–Crippen LogP) is 4.99.